The van der Waals surface area contributed by atoms with E-state index in [0.717, 1.165) is 25.7 Å². The Kier molecular flexibility index (Phi) is 4.78. The topological polar surface area (TPSA) is 106 Å². The summed E-state index contributed by atoms with van der Waals surface area (Å²) in [5.74, 6) is 3.48. The molecule has 0 aromatic carbocycles. The molecule has 0 aliphatic heterocycles. The van der Waals surface area contributed by atoms with Gasteiger partial charge in [-0.2, -0.15) is 9.78 Å². The molecule has 4 aliphatic rings. The Bertz CT molecular complexity index is 1200. The lowest BCUT2D eigenvalue weighted by Gasteiger charge is -2.55. The first-order valence-electron chi connectivity index (χ1n) is 12.1. The predicted octanol–water partition coefficient (Wildman–Crippen LogP) is 4.32. The fraction of sp³-hybridized carbons (Fsp3) is 0.520. The van der Waals surface area contributed by atoms with E-state index >= 15 is 0 Å². The number of nitrogens with zero attached hydrogens (tertiary/aromatic N) is 3. The van der Waals surface area contributed by atoms with Crippen LogP contribution in [0.5, 0.6) is 0 Å². The Morgan fingerprint density at radius 2 is 1.94 bits per heavy atom. The molecule has 0 saturated heterocycles. The molecule has 4 saturated carbocycles. The minimum absolute atomic E-state index is 0.0702. The molecule has 8 heteroatoms. The first kappa shape index (κ1) is 20.4. The van der Waals surface area contributed by atoms with Crippen molar-refractivity contribution in [1.82, 2.24) is 19.7 Å². The fourth-order valence-corrected chi connectivity index (χ4v) is 6.79. The van der Waals surface area contributed by atoms with Gasteiger partial charge in [0.15, 0.2) is 5.76 Å². The second-order valence-electron chi connectivity index (χ2n) is 10.3. The van der Waals surface area contributed by atoms with Crippen molar-refractivity contribution >= 4 is 11.7 Å². The molecule has 3 aromatic heterocycles. The van der Waals surface area contributed by atoms with Gasteiger partial charge in [0.1, 0.15) is 11.5 Å². The number of aromatic amines is 1. The first-order chi connectivity index (χ1) is 16.0. The molecule has 7 rings (SSSR count). The van der Waals surface area contributed by atoms with Crippen molar-refractivity contribution in [2.24, 2.45) is 23.2 Å². The molecule has 0 unspecified atom stereocenters. The molecule has 33 heavy (non-hydrogen) atoms. The van der Waals surface area contributed by atoms with E-state index in [1.54, 1.807) is 18.4 Å². The van der Waals surface area contributed by atoms with Crippen molar-refractivity contribution < 1.29 is 9.21 Å². The summed E-state index contributed by atoms with van der Waals surface area (Å²) in [5.41, 5.74) is 0.741. The third-order valence-corrected chi connectivity index (χ3v) is 7.73. The molecular weight excluding hydrogens is 418 g/mol. The summed E-state index contributed by atoms with van der Waals surface area (Å²) in [4.78, 5) is 33.4. The molecule has 3 aromatic rings. The van der Waals surface area contributed by atoms with Crippen LogP contribution in [0, 0.1) is 23.2 Å². The molecule has 172 valence electrons. The second-order valence-corrected chi connectivity index (χ2v) is 10.3. The number of hydrogen-bond donors (Lipinski definition) is 2. The van der Waals surface area contributed by atoms with Gasteiger partial charge in [0, 0.05) is 17.8 Å². The quantitative estimate of drug-likeness (QED) is 0.585. The maximum absolute atomic E-state index is 13.7. The number of amides is 1. The van der Waals surface area contributed by atoms with Crippen molar-refractivity contribution in [2.75, 3.05) is 5.32 Å². The van der Waals surface area contributed by atoms with Gasteiger partial charge in [0.25, 0.3) is 5.56 Å². The van der Waals surface area contributed by atoms with E-state index in [2.05, 4.69) is 20.4 Å². The maximum Gasteiger partial charge on any atom is 0.252 e. The van der Waals surface area contributed by atoms with E-state index in [4.69, 9.17) is 4.42 Å². The Balaban J connectivity index is 1.38. The van der Waals surface area contributed by atoms with Gasteiger partial charge in [-0.15, -0.1) is 0 Å². The SMILES string of the molecule is CCCc1cc(=O)[nH]c(-n2nc(-c3ccco3)cc2NC(=O)C23CC4CC(CC(C4)C2)C3)n1. The van der Waals surface area contributed by atoms with Crippen LogP contribution < -0.4 is 10.9 Å². The number of nitrogens with one attached hydrogen (secondary N) is 2. The number of carbonyl (C=O) groups excluding carboxylic acids is 1. The lowest BCUT2D eigenvalue weighted by Crippen LogP contribution is -2.51. The van der Waals surface area contributed by atoms with Crippen LogP contribution in [0.1, 0.15) is 57.6 Å². The second kappa shape index (κ2) is 7.71. The number of rotatable bonds is 6. The fourth-order valence-electron chi connectivity index (χ4n) is 6.79. The van der Waals surface area contributed by atoms with Gasteiger partial charge in [-0.1, -0.05) is 13.3 Å². The zero-order chi connectivity index (χ0) is 22.6. The van der Waals surface area contributed by atoms with Crippen LogP contribution in [-0.2, 0) is 11.2 Å². The third kappa shape index (κ3) is 3.61. The molecule has 0 atom stereocenters. The van der Waals surface area contributed by atoms with E-state index in [1.165, 1.54) is 30.0 Å². The molecular formula is C25H29N5O3. The number of anilines is 1. The number of H-pyrrole nitrogens is 1. The standard InChI is InChI=1S/C25H29N5O3/c1-2-4-18-10-22(31)28-24(26-18)30-21(11-19(29-30)20-5-3-6-33-20)27-23(32)25-12-15-7-16(13-25)9-17(8-15)14-25/h3,5-6,10-11,15-17H,2,4,7-9,12-14H2,1H3,(H,27,32)(H,26,28,31). The van der Waals surface area contributed by atoms with E-state index in [-0.39, 0.29) is 16.9 Å². The molecule has 1 amide bonds. The van der Waals surface area contributed by atoms with Crippen LogP contribution in [0.25, 0.3) is 17.4 Å². The summed E-state index contributed by atoms with van der Waals surface area (Å²) < 4.78 is 7.06. The van der Waals surface area contributed by atoms with Crippen molar-refractivity contribution in [3.8, 4) is 17.4 Å². The normalized spacial score (nSPS) is 27.7. The average molecular weight is 448 g/mol. The van der Waals surface area contributed by atoms with Crippen molar-refractivity contribution in [1.29, 1.82) is 0 Å². The highest BCUT2D eigenvalue weighted by Gasteiger charge is 2.54. The van der Waals surface area contributed by atoms with Gasteiger partial charge in [-0.05, 0) is 74.8 Å². The summed E-state index contributed by atoms with van der Waals surface area (Å²) in [5, 5.41) is 7.82. The number of carbonyl (C=O) groups is 1. The molecule has 2 N–H and O–H groups in total. The summed E-state index contributed by atoms with van der Waals surface area (Å²) >= 11 is 0. The van der Waals surface area contributed by atoms with E-state index in [9.17, 15) is 9.59 Å². The monoisotopic (exact) mass is 447 g/mol. The average Bonchev–Trinajstić information content (AvgIpc) is 3.42. The zero-order valence-corrected chi connectivity index (χ0v) is 18.8. The maximum atomic E-state index is 13.7. The Morgan fingerprint density at radius 1 is 1.21 bits per heavy atom. The summed E-state index contributed by atoms with van der Waals surface area (Å²) in [6, 6.07) is 6.92. The lowest BCUT2D eigenvalue weighted by molar-refractivity contribution is -0.140. The number of furan rings is 1. The number of aryl methyl sites for hydroxylation is 1. The summed E-state index contributed by atoms with van der Waals surface area (Å²) in [6.45, 7) is 2.04. The third-order valence-electron chi connectivity index (χ3n) is 7.73. The highest BCUT2D eigenvalue weighted by Crippen LogP contribution is 2.60. The molecule has 4 aliphatic carbocycles. The van der Waals surface area contributed by atoms with Crippen molar-refractivity contribution in [3.05, 3.63) is 46.6 Å². The van der Waals surface area contributed by atoms with E-state index in [1.807, 2.05) is 13.0 Å². The smallest absolute Gasteiger partial charge is 0.252 e. The molecule has 0 radical (unpaired) electrons. The van der Waals surface area contributed by atoms with Crippen LogP contribution in [0.3, 0.4) is 0 Å². The molecule has 4 bridgehead atoms. The Labute approximate surface area is 191 Å². The van der Waals surface area contributed by atoms with Crippen molar-refractivity contribution in [2.45, 2.75) is 58.3 Å². The van der Waals surface area contributed by atoms with Gasteiger partial charge < -0.3 is 9.73 Å². The first-order valence-corrected chi connectivity index (χ1v) is 12.1. The van der Waals surface area contributed by atoms with E-state index < -0.39 is 0 Å². The van der Waals surface area contributed by atoms with Crippen LogP contribution in [0.2, 0.25) is 0 Å². The van der Waals surface area contributed by atoms with Crippen LogP contribution in [0.4, 0.5) is 5.82 Å². The summed E-state index contributed by atoms with van der Waals surface area (Å²) in [6.07, 6.45) is 9.93. The van der Waals surface area contributed by atoms with Gasteiger partial charge in [-0.25, -0.2) is 4.98 Å². The van der Waals surface area contributed by atoms with E-state index in [0.29, 0.717) is 53.1 Å². The Morgan fingerprint density at radius 3 is 2.58 bits per heavy atom. The van der Waals surface area contributed by atoms with Gasteiger partial charge >= 0.3 is 0 Å². The lowest BCUT2D eigenvalue weighted by atomic mass is 9.49. The number of aromatic nitrogens is 4. The minimum Gasteiger partial charge on any atom is -0.463 e. The van der Waals surface area contributed by atoms with Gasteiger partial charge in [-0.3, -0.25) is 14.6 Å². The zero-order valence-electron chi connectivity index (χ0n) is 18.8. The van der Waals surface area contributed by atoms with Gasteiger partial charge in [0.05, 0.1) is 11.7 Å². The highest BCUT2D eigenvalue weighted by molar-refractivity contribution is 5.95. The summed E-state index contributed by atoms with van der Waals surface area (Å²) in [7, 11) is 0. The van der Waals surface area contributed by atoms with Crippen LogP contribution >= 0.6 is 0 Å². The predicted molar refractivity (Wildman–Crippen MR) is 123 cm³/mol. The Hall–Kier alpha value is -3.16. The molecule has 4 fully saturated rings. The number of hydrogen-bond acceptors (Lipinski definition) is 5. The van der Waals surface area contributed by atoms with Gasteiger partial charge in [0.2, 0.25) is 11.9 Å². The van der Waals surface area contributed by atoms with Crippen molar-refractivity contribution in [3.63, 3.8) is 0 Å². The highest BCUT2D eigenvalue weighted by atomic mass is 16.3. The minimum atomic E-state index is -0.292. The van der Waals surface area contributed by atoms with Crippen LogP contribution in [0.15, 0.2) is 39.7 Å². The molecule has 0 spiro atoms. The molecule has 8 nitrogen and oxygen atoms in total. The molecule has 3 heterocycles. The van der Waals surface area contributed by atoms with Crippen LogP contribution in [-0.4, -0.2) is 25.7 Å². The largest absolute Gasteiger partial charge is 0.463 e.